The van der Waals surface area contributed by atoms with Crippen LogP contribution in [0.4, 0.5) is 13.2 Å². The van der Waals surface area contributed by atoms with E-state index >= 15 is 0 Å². The number of alkyl halides is 3. The van der Waals surface area contributed by atoms with Crippen LogP contribution in [0.1, 0.15) is 11.1 Å². The summed E-state index contributed by atoms with van der Waals surface area (Å²) >= 11 is 0. The second-order valence-electron chi connectivity index (χ2n) is 4.12. The highest BCUT2D eigenvalue weighted by molar-refractivity contribution is 5.47. The molecule has 2 rings (SSSR count). The first-order valence-electron chi connectivity index (χ1n) is 5.85. The van der Waals surface area contributed by atoms with Gasteiger partial charge in [0, 0.05) is 12.6 Å². The Morgan fingerprint density at radius 3 is 2.64 bits per heavy atom. The molecule has 22 heavy (non-hydrogen) atoms. The SMILES string of the molecule is Cn1nnn(-c2cccc(C(F)(F)F)c2CONC=O)c1=O. The number of aromatic nitrogens is 4. The first-order chi connectivity index (χ1) is 10.4. The minimum Gasteiger partial charge on any atom is -0.277 e. The summed E-state index contributed by atoms with van der Waals surface area (Å²) in [6.07, 6.45) is -4.49. The van der Waals surface area contributed by atoms with Gasteiger partial charge < -0.3 is 0 Å². The average Bonchev–Trinajstić information content (AvgIpc) is 2.78. The zero-order valence-corrected chi connectivity index (χ0v) is 11.2. The average molecular weight is 317 g/mol. The molecule has 0 aliphatic carbocycles. The van der Waals surface area contributed by atoms with E-state index in [0.717, 1.165) is 21.5 Å². The number of halogens is 3. The molecular weight excluding hydrogens is 307 g/mol. The third-order valence-corrected chi connectivity index (χ3v) is 2.75. The Kier molecular flexibility index (Phi) is 4.26. The standard InChI is InChI=1S/C11H10F3N5O3/c1-18-10(21)19(17-16-18)9-4-2-3-8(11(12,13)14)7(9)5-22-15-6-20/h2-4,6H,5H2,1H3,(H,15,20). The van der Waals surface area contributed by atoms with Gasteiger partial charge in [-0.3, -0.25) is 9.63 Å². The van der Waals surface area contributed by atoms with E-state index in [9.17, 15) is 22.8 Å². The highest BCUT2D eigenvalue weighted by Gasteiger charge is 2.35. The van der Waals surface area contributed by atoms with Crippen LogP contribution >= 0.6 is 0 Å². The van der Waals surface area contributed by atoms with Gasteiger partial charge >= 0.3 is 11.9 Å². The van der Waals surface area contributed by atoms with Crippen LogP contribution in [0.15, 0.2) is 23.0 Å². The number of hydrogen-bond donors (Lipinski definition) is 1. The fourth-order valence-electron chi connectivity index (χ4n) is 1.80. The van der Waals surface area contributed by atoms with Crippen molar-refractivity contribution in [3.63, 3.8) is 0 Å². The fourth-order valence-corrected chi connectivity index (χ4v) is 1.80. The number of aryl methyl sites for hydroxylation is 1. The number of hydroxylamine groups is 1. The largest absolute Gasteiger partial charge is 0.416 e. The van der Waals surface area contributed by atoms with Gasteiger partial charge in [0.2, 0.25) is 6.41 Å². The van der Waals surface area contributed by atoms with Gasteiger partial charge in [-0.1, -0.05) is 6.07 Å². The number of tetrazole rings is 1. The summed E-state index contributed by atoms with van der Waals surface area (Å²) < 4.78 is 40.8. The normalized spacial score (nSPS) is 11.5. The van der Waals surface area contributed by atoms with Crippen LogP contribution in [0.3, 0.4) is 0 Å². The van der Waals surface area contributed by atoms with Crippen molar-refractivity contribution in [1.82, 2.24) is 25.3 Å². The van der Waals surface area contributed by atoms with Crippen molar-refractivity contribution in [2.24, 2.45) is 7.05 Å². The van der Waals surface area contributed by atoms with Gasteiger partial charge in [0.15, 0.2) is 0 Å². The molecule has 11 heteroatoms. The molecule has 0 atom stereocenters. The number of rotatable bonds is 5. The summed E-state index contributed by atoms with van der Waals surface area (Å²) in [6.45, 7) is -0.604. The van der Waals surface area contributed by atoms with Crippen molar-refractivity contribution < 1.29 is 22.8 Å². The Labute approximate surface area is 121 Å². The molecule has 0 aliphatic rings. The van der Waals surface area contributed by atoms with Gasteiger partial charge in [0.1, 0.15) is 6.61 Å². The minimum absolute atomic E-state index is 0.138. The van der Waals surface area contributed by atoms with Crippen LogP contribution in [0.5, 0.6) is 0 Å². The van der Waals surface area contributed by atoms with Crippen LogP contribution in [-0.4, -0.2) is 26.2 Å². The number of carbonyl (C=O) groups excluding carboxylic acids is 1. The van der Waals surface area contributed by atoms with E-state index in [2.05, 4.69) is 15.3 Å². The molecule has 0 radical (unpaired) electrons. The monoisotopic (exact) mass is 317 g/mol. The van der Waals surface area contributed by atoms with Crippen molar-refractivity contribution in [3.05, 3.63) is 39.8 Å². The molecule has 8 nitrogen and oxygen atoms in total. The summed E-state index contributed by atoms with van der Waals surface area (Å²) in [5.41, 5.74) is -0.419. The maximum atomic E-state index is 13.1. The third-order valence-electron chi connectivity index (χ3n) is 2.75. The summed E-state index contributed by atoms with van der Waals surface area (Å²) in [4.78, 5) is 26.6. The molecule has 0 bridgehead atoms. The molecule has 0 spiro atoms. The van der Waals surface area contributed by atoms with E-state index in [0.29, 0.717) is 0 Å². The molecule has 0 fully saturated rings. The van der Waals surface area contributed by atoms with Crippen molar-refractivity contribution >= 4 is 6.41 Å². The Bertz CT molecular complexity index is 737. The molecule has 2 aromatic rings. The molecule has 0 unspecified atom stereocenters. The summed E-state index contributed by atoms with van der Waals surface area (Å²) in [7, 11) is 1.31. The molecule has 1 N–H and O–H groups in total. The molecule has 1 heterocycles. The van der Waals surface area contributed by atoms with Crippen LogP contribution in [0.2, 0.25) is 0 Å². The van der Waals surface area contributed by atoms with Gasteiger partial charge in [0.05, 0.1) is 11.3 Å². The lowest BCUT2D eigenvalue weighted by atomic mass is 10.1. The van der Waals surface area contributed by atoms with Gasteiger partial charge in [-0.25, -0.2) is 10.3 Å². The van der Waals surface area contributed by atoms with E-state index < -0.39 is 24.0 Å². The predicted octanol–water partition coefficient (Wildman–Crippen LogP) is 0.162. The molecule has 0 saturated heterocycles. The molecule has 118 valence electrons. The van der Waals surface area contributed by atoms with Gasteiger partial charge in [0.25, 0.3) is 0 Å². The number of carbonyl (C=O) groups is 1. The lowest BCUT2D eigenvalue weighted by Gasteiger charge is -2.15. The fraction of sp³-hybridized carbons (Fsp3) is 0.273. The van der Waals surface area contributed by atoms with Crippen LogP contribution in [0.25, 0.3) is 5.69 Å². The number of hydrogen-bond acceptors (Lipinski definition) is 5. The van der Waals surface area contributed by atoms with E-state index in [4.69, 9.17) is 0 Å². The van der Waals surface area contributed by atoms with Gasteiger partial charge in [-0.2, -0.15) is 22.5 Å². The second kappa shape index (κ2) is 5.97. The lowest BCUT2D eigenvalue weighted by molar-refractivity contribution is -0.139. The Hall–Kier alpha value is -2.69. The minimum atomic E-state index is -4.66. The maximum absolute atomic E-state index is 13.1. The molecular formula is C11H10F3N5O3. The zero-order valence-electron chi connectivity index (χ0n) is 11.2. The van der Waals surface area contributed by atoms with Crippen molar-refractivity contribution in [2.45, 2.75) is 12.8 Å². The summed E-state index contributed by atoms with van der Waals surface area (Å²) in [6, 6.07) is 3.24. The Balaban J connectivity index is 2.60. The van der Waals surface area contributed by atoms with E-state index in [1.54, 1.807) is 5.48 Å². The Morgan fingerprint density at radius 1 is 1.36 bits per heavy atom. The van der Waals surface area contributed by atoms with E-state index in [-0.39, 0.29) is 17.7 Å². The van der Waals surface area contributed by atoms with Crippen molar-refractivity contribution in [2.75, 3.05) is 0 Å². The summed E-state index contributed by atoms with van der Waals surface area (Å²) in [5, 5.41) is 6.95. The first-order valence-corrected chi connectivity index (χ1v) is 5.85. The van der Waals surface area contributed by atoms with Crippen LogP contribution < -0.4 is 11.2 Å². The smallest absolute Gasteiger partial charge is 0.277 e. The zero-order chi connectivity index (χ0) is 16.3. The number of amides is 1. The van der Waals surface area contributed by atoms with E-state index in [1.165, 1.54) is 13.1 Å². The number of benzene rings is 1. The first kappa shape index (κ1) is 15.7. The topological polar surface area (TPSA) is 91.0 Å². The molecule has 1 aromatic heterocycles. The maximum Gasteiger partial charge on any atom is 0.416 e. The lowest BCUT2D eigenvalue weighted by Crippen LogP contribution is -2.25. The number of nitrogens with one attached hydrogen (secondary N) is 1. The molecule has 1 amide bonds. The van der Waals surface area contributed by atoms with Gasteiger partial charge in [-0.05, 0) is 22.6 Å². The molecule has 1 aromatic carbocycles. The predicted molar refractivity (Wildman–Crippen MR) is 65.6 cm³/mol. The molecule has 0 aliphatic heterocycles. The van der Waals surface area contributed by atoms with Gasteiger partial charge in [-0.15, -0.1) is 0 Å². The second-order valence-corrected chi connectivity index (χ2v) is 4.12. The van der Waals surface area contributed by atoms with Crippen molar-refractivity contribution in [1.29, 1.82) is 0 Å². The highest BCUT2D eigenvalue weighted by Crippen LogP contribution is 2.34. The van der Waals surface area contributed by atoms with E-state index in [1.807, 2.05) is 0 Å². The number of nitrogens with zero attached hydrogens (tertiary/aromatic N) is 4. The van der Waals surface area contributed by atoms with Crippen molar-refractivity contribution in [3.8, 4) is 5.69 Å². The molecule has 0 saturated carbocycles. The van der Waals surface area contributed by atoms with Crippen LogP contribution in [-0.2, 0) is 29.5 Å². The Morgan fingerprint density at radius 2 is 2.09 bits per heavy atom. The highest BCUT2D eigenvalue weighted by atomic mass is 19.4. The quantitative estimate of drug-likeness (QED) is 0.482. The summed E-state index contributed by atoms with van der Waals surface area (Å²) in [5.74, 6) is 0. The third kappa shape index (κ3) is 2.98. The van der Waals surface area contributed by atoms with Crippen LogP contribution in [0, 0.1) is 0 Å².